The Balaban J connectivity index is 1.81. The number of nitrogens with zero attached hydrogens (tertiary/aromatic N) is 4. The molecule has 0 spiro atoms. The number of benzene rings is 1. The first-order valence-corrected chi connectivity index (χ1v) is 7.24. The molecule has 3 aromatic heterocycles. The van der Waals surface area contributed by atoms with Crippen molar-refractivity contribution in [1.29, 1.82) is 0 Å². The number of rotatable bonds is 2. The second kappa shape index (κ2) is 5.28. The first-order valence-electron chi connectivity index (χ1n) is 7.24. The molecule has 4 aromatic rings. The minimum atomic E-state index is -0.254. The summed E-state index contributed by atoms with van der Waals surface area (Å²) in [5.41, 5.74) is 4.45. The zero-order valence-corrected chi connectivity index (χ0v) is 12.4. The Bertz CT molecular complexity index is 990. The Morgan fingerprint density at radius 2 is 1.70 bits per heavy atom. The second-order valence-electron chi connectivity index (χ2n) is 5.34. The molecule has 0 aliphatic carbocycles. The third-order valence-corrected chi connectivity index (χ3v) is 3.72. The van der Waals surface area contributed by atoms with Gasteiger partial charge in [-0.25, -0.2) is 13.9 Å². The highest BCUT2D eigenvalue weighted by Gasteiger charge is 2.09. The van der Waals surface area contributed by atoms with E-state index >= 15 is 0 Å². The van der Waals surface area contributed by atoms with Gasteiger partial charge in [-0.05, 0) is 42.8 Å². The molecule has 23 heavy (non-hydrogen) atoms. The molecule has 0 saturated carbocycles. The van der Waals surface area contributed by atoms with Crippen LogP contribution in [0.25, 0.3) is 28.2 Å². The van der Waals surface area contributed by atoms with Crippen LogP contribution in [-0.2, 0) is 0 Å². The molecule has 0 atom stereocenters. The summed E-state index contributed by atoms with van der Waals surface area (Å²) in [4.78, 5) is 8.81. The zero-order valence-electron chi connectivity index (χ0n) is 12.4. The van der Waals surface area contributed by atoms with Crippen molar-refractivity contribution in [2.45, 2.75) is 6.92 Å². The van der Waals surface area contributed by atoms with E-state index in [-0.39, 0.29) is 5.82 Å². The molecule has 0 bridgehead atoms. The molecular weight excluding hydrogens is 291 g/mol. The predicted octanol–water partition coefficient (Wildman–Crippen LogP) is 3.91. The number of aromatic nitrogens is 4. The van der Waals surface area contributed by atoms with Crippen LogP contribution in [0.15, 0.2) is 60.9 Å². The fraction of sp³-hybridized carbons (Fsp3) is 0.0556. The van der Waals surface area contributed by atoms with Crippen LogP contribution in [0.3, 0.4) is 0 Å². The fourth-order valence-corrected chi connectivity index (χ4v) is 2.52. The summed E-state index contributed by atoms with van der Waals surface area (Å²) in [5.74, 6) is 0.367. The highest BCUT2D eigenvalue weighted by molar-refractivity contribution is 5.69. The first-order chi connectivity index (χ1) is 11.2. The van der Waals surface area contributed by atoms with Gasteiger partial charge in [0.2, 0.25) is 0 Å². The number of aryl methyl sites for hydroxylation is 1. The maximum atomic E-state index is 13.1. The smallest absolute Gasteiger partial charge is 0.183 e. The van der Waals surface area contributed by atoms with E-state index < -0.39 is 0 Å². The van der Waals surface area contributed by atoms with E-state index in [9.17, 15) is 4.39 Å². The highest BCUT2D eigenvalue weighted by Crippen LogP contribution is 2.24. The van der Waals surface area contributed by atoms with Crippen LogP contribution in [-0.4, -0.2) is 19.6 Å². The summed E-state index contributed by atoms with van der Waals surface area (Å²) in [6.07, 6.45) is 3.48. The molecule has 112 valence electrons. The van der Waals surface area contributed by atoms with Gasteiger partial charge in [0, 0.05) is 29.2 Å². The minimum Gasteiger partial charge on any atom is -0.263 e. The Kier molecular flexibility index (Phi) is 3.12. The van der Waals surface area contributed by atoms with Gasteiger partial charge in [0.25, 0.3) is 0 Å². The maximum Gasteiger partial charge on any atom is 0.183 e. The summed E-state index contributed by atoms with van der Waals surface area (Å²) >= 11 is 0. The topological polar surface area (TPSA) is 43.1 Å². The quantitative estimate of drug-likeness (QED) is 0.564. The van der Waals surface area contributed by atoms with E-state index in [0.29, 0.717) is 5.82 Å². The highest BCUT2D eigenvalue weighted by atomic mass is 19.1. The van der Waals surface area contributed by atoms with Crippen LogP contribution in [0.1, 0.15) is 5.69 Å². The van der Waals surface area contributed by atoms with Crippen molar-refractivity contribution in [3.05, 3.63) is 72.4 Å². The molecule has 0 radical (unpaired) electrons. The third kappa shape index (κ3) is 2.46. The van der Waals surface area contributed by atoms with Gasteiger partial charge in [-0.15, -0.1) is 5.10 Å². The van der Waals surface area contributed by atoms with Crippen LogP contribution in [0.5, 0.6) is 0 Å². The molecule has 0 unspecified atom stereocenters. The molecule has 0 fully saturated rings. The van der Waals surface area contributed by atoms with Gasteiger partial charge in [-0.1, -0.05) is 18.2 Å². The molecule has 4 nitrogen and oxygen atoms in total. The van der Waals surface area contributed by atoms with E-state index in [1.165, 1.54) is 12.1 Å². The molecule has 0 amide bonds. The lowest BCUT2D eigenvalue weighted by molar-refractivity contribution is 0.628. The van der Waals surface area contributed by atoms with E-state index in [1.54, 1.807) is 29.0 Å². The van der Waals surface area contributed by atoms with Crippen molar-refractivity contribution < 1.29 is 4.39 Å². The summed E-state index contributed by atoms with van der Waals surface area (Å²) in [6, 6.07) is 14.2. The Labute approximate surface area is 132 Å². The third-order valence-electron chi connectivity index (χ3n) is 3.72. The molecular formula is C18H13FN4. The lowest BCUT2D eigenvalue weighted by Gasteiger charge is -2.02. The van der Waals surface area contributed by atoms with E-state index in [2.05, 4.69) is 15.1 Å². The summed E-state index contributed by atoms with van der Waals surface area (Å²) in [6.45, 7) is 1.98. The standard InChI is InChI=1S/C18H13FN4/c1-12-3-2-4-17-21-18(22-23(12)17)15-9-14(10-20-11-15)13-5-7-16(19)8-6-13/h2-11H,1H3. The number of fused-ring (bicyclic) bond motifs is 1. The van der Waals surface area contributed by atoms with Crippen LogP contribution in [0, 0.1) is 12.7 Å². The van der Waals surface area contributed by atoms with Crippen molar-refractivity contribution in [2.75, 3.05) is 0 Å². The summed E-state index contributed by atoms with van der Waals surface area (Å²) in [7, 11) is 0. The van der Waals surface area contributed by atoms with Crippen LogP contribution >= 0.6 is 0 Å². The molecule has 4 rings (SSSR count). The minimum absolute atomic E-state index is 0.254. The van der Waals surface area contributed by atoms with Gasteiger partial charge in [0.1, 0.15) is 5.82 Å². The summed E-state index contributed by atoms with van der Waals surface area (Å²) < 4.78 is 14.9. The van der Waals surface area contributed by atoms with Crippen molar-refractivity contribution in [1.82, 2.24) is 19.6 Å². The molecule has 3 heterocycles. The lowest BCUT2D eigenvalue weighted by atomic mass is 10.1. The number of hydrogen-bond donors (Lipinski definition) is 0. The van der Waals surface area contributed by atoms with Crippen LogP contribution in [0.4, 0.5) is 4.39 Å². The number of hydrogen-bond acceptors (Lipinski definition) is 3. The SMILES string of the molecule is Cc1cccc2nc(-c3cncc(-c4ccc(F)cc4)c3)nn12. The Hall–Kier alpha value is -3.08. The van der Waals surface area contributed by atoms with E-state index in [1.807, 2.05) is 31.2 Å². The van der Waals surface area contributed by atoms with Gasteiger partial charge in [-0.2, -0.15) is 0 Å². The second-order valence-corrected chi connectivity index (χ2v) is 5.34. The molecule has 0 aliphatic heterocycles. The number of halogens is 1. The average molecular weight is 304 g/mol. The molecule has 0 aliphatic rings. The van der Waals surface area contributed by atoms with Crippen LogP contribution < -0.4 is 0 Å². The normalized spacial score (nSPS) is 11.0. The van der Waals surface area contributed by atoms with E-state index in [0.717, 1.165) is 28.0 Å². The van der Waals surface area contributed by atoms with Crippen LogP contribution in [0.2, 0.25) is 0 Å². The number of pyridine rings is 2. The van der Waals surface area contributed by atoms with Gasteiger partial charge < -0.3 is 0 Å². The van der Waals surface area contributed by atoms with E-state index in [4.69, 9.17) is 0 Å². The fourth-order valence-electron chi connectivity index (χ4n) is 2.52. The van der Waals surface area contributed by atoms with Gasteiger partial charge in [0.05, 0.1) is 0 Å². The average Bonchev–Trinajstić information content (AvgIpc) is 3.01. The molecule has 5 heteroatoms. The summed E-state index contributed by atoms with van der Waals surface area (Å²) in [5, 5.41) is 4.54. The molecule has 1 aromatic carbocycles. The predicted molar refractivity (Wildman–Crippen MR) is 86.3 cm³/mol. The van der Waals surface area contributed by atoms with Crippen molar-refractivity contribution >= 4 is 5.65 Å². The van der Waals surface area contributed by atoms with Gasteiger partial charge in [-0.3, -0.25) is 4.98 Å². The largest absolute Gasteiger partial charge is 0.263 e. The Morgan fingerprint density at radius 1 is 0.913 bits per heavy atom. The molecule has 0 N–H and O–H groups in total. The first kappa shape index (κ1) is 13.6. The van der Waals surface area contributed by atoms with Crippen molar-refractivity contribution in [2.24, 2.45) is 0 Å². The maximum absolute atomic E-state index is 13.1. The van der Waals surface area contributed by atoms with Crippen molar-refractivity contribution in [3.63, 3.8) is 0 Å². The van der Waals surface area contributed by atoms with Crippen molar-refractivity contribution in [3.8, 4) is 22.5 Å². The van der Waals surface area contributed by atoms with Gasteiger partial charge in [0.15, 0.2) is 11.5 Å². The molecule has 0 saturated heterocycles. The Morgan fingerprint density at radius 3 is 2.48 bits per heavy atom. The lowest BCUT2D eigenvalue weighted by Crippen LogP contribution is -1.92. The zero-order chi connectivity index (χ0) is 15.8. The van der Waals surface area contributed by atoms with Gasteiger partial charge >= 0.3 is 0 Å². The monoisotopic (exact) mass is 304 g/mol.